The number of carbonyl (C=O) groups is 1. The van der Waals surface area contributed by atoms with Gasteiger partial charge in [0.05, 0.1) is 16.8 Å². The molecule has 0 aliphatic heterocycles. The van der Waals surface area contributed by atoms with Crippen LogP contribution in [0.5, 0.6) is 0 Å². The molecule has 6 nitrogen and oxygen atoms in total. The Balaban J connectivity index is 1.52. The van der Waals surface area contributed by atoms with E-state index < -0.39 is 5.97 Å². The van der Waals surface area contributed by atoms with Gasteiger partial charge in [-0.15, -0.1) is 10.2 Å². The molecule has 0 atom stereocenters. The predicted molar refractivity (Wildman–Crippen MR) is 105 cm³/mol. The van der Waals surface area contributed by atoms with Crippen molar-refractivity contribution in [2.75, 3.05) is 0 Å². The van der Waals surface area contributed by atoms with Crippen molar-refractivity contribution in [3.05, 3.63) is 76.3 Å². The van der Waals surface area contributed by atoms with Gasteiger partial charge >= 0.3 is 5.97 Å². The second kappa shape index (κ2) is 7.40. The lowest BCUT2D eigenvalue weighted by Crippen LogP contribution is -2.11. The summed E-state index contributed by atoms with van der Waals surface area (Å²) in [4.78, 5) is 17.2. The van der Waals surface area contributed by atoms with Crippen LogP contribution in [-0.2, 0) is 11.3 Å². The fourth-order valence-electron chi connectivity index (χ4n) is 3.05. The molecule has 0 aliphatic carbocycles. The normalized spacial score (nSPS) is 11.0. The maximum absolute atomic E-state index is 12.7. The van der Waals surface area contributed by atoms with Crippen molar-refractivity contribution in [2.45, 2.75) is 20.5 Å². The molecule has 0 radical (unpaired) electrons. The zero-order chi connectivity index (χ0) is 19.7. The number of ether oxygens (including phenoxy) is 1. The Hall–Kier alpha value is -3.25. The van der Waals surface area contributed by atoms with Gasteiger partial charge in [0.25, 0.3) is 5.89 Å². The molecule has 2 aromatic heterocycles. The van der Waals surface area contributed by atoms with Gasteiger partial charge in [-0.05, 0) is 49.7 Å². The minimum atomic E-state index is -0.473. The van der Waals surface area contributed by atoms with E-state index in [0.29, 0.717) is 22.2 Å². The van der Waals surface area contributed by atoms with E-state index in [1.807, 2.05) is 31.2 Å². The summed E-state index contributed by atoms with van der Waals surface area (Å²) in [5, 5.41) is 9.45. The van der Waals surface area contributed by atoms with Gasteiger partial charge in [0.2, 0.25) is 5.89 Å². The summed E-state index contributed by atoms with van der Waals surface area (Å²) in [6.07, 6.45) is 0. The molecule has 7 heteroatoms. The van der Waals surface area contributed by atoms with Crippen molar-refractivity contribution < 1.29 is 13.9 Å². The van der Waals surface area contributed by atoms with E-state index in [-0.39, 0.29) is 12.5 Å². The predicted octanol–water partition coefficient (Wildman–Crippen LogP) is 4.91. The lowest BCUT2D eigenvalue weighted by molar-refractivity contribution is 0.0436. The average molecular weight is 394 g/mol. The van der Waals surface area contributed by atoms with Crippen LogP contribution in [0.1, 0.15) is 27.5 Å². The summed E-state index contributed by atoms with van der Waals surface area (Å²) in [5.41, 5.74) is 3.49. The molecule has 0 unspecified atom stereocenters. The Bertz CT molecular complexity index is 1170. The third kappa shape index (κ3) is 3.46. The van der Waals surface area contributed by atoms with Crippen molar-refractivity contribution in [1.29, 1.82) is 0 Å². The highest BCUT2D eigenvalue weighted by Gasteiger charge is 2.19. The van der Waals surface area contributed by atoms with E-state index in [2.05, 4.69) is 15.2 Å². The summed E-state index contributed by atoms with van der Waals surface area (Å²) < 4.78 is 11.0. The first-order chi connectivity index (χ1) is 13.5. The second-order valence-corrected chi connectivity index (χ2v) is 6.73. The molecular weight excluding hydrogens is 378 g/mol. The molecular formula is C21H16ClN3O3. The molecule has 0 saturated heterocycles. The van der Waals surface area contributed by atoms with Crippen LogP contribution in [0.25, 0.3) is 22.4 Å². The molecule has 4 aromatic rings. The Morgan fingerprint density at radius 3 is 2.61 bits per heavy atom. The van der Waals surface area contributed by atoms with Crippen LogP contribution in [-0.4, -0.2) is 21.2 Å². The van der Waals surface area contributed by atoms with Crippen molar-refractivity contribution in [1.82, 2.24) is 15.2 Å². The molecule has 4 rings (SSSR count). The minimum absolute atomic E-state index is 0.120. The lowest BCUT2D eigenvalue weighted by atomic mass is 10.0. The fraction of sp³-hybridized carbons (Fsp3) is 0.143. The zero-order valence-electron chi connectivity index (χ0n) is 15.3. The van der Waals surface area contributed by atoms with E-state index >= 15 is 0 Å². The standard InChI is InChI=1S/C21H16ClN3O3/c1-12-16-5-3-4-6-17(16)23-13(2)19(12)21(26)27-11-18-24-25-20(28-18)14-7-9-15(22)10-8-14/h3-10H,11H2,1-2H3. The third-order valence-electron chi connectivity index (χ3n) is 4.42. The molecule has 0 N–H and O–H groups in total. The molecule has 0 aliphatic rings. The van der Waals surface area contributed by atoms with Crippen LogP contribution in [0.4, 0.5) is 0 Å². The summed E-state index contributed by atoms with van der Waals surface area (Å²) in [7, 11) is 0. The number of pyridine rings is 1. The molecule has 0 saturated carbocycles. The average Bonchev–Trinajstić information content (AvgIpc) is 3.16. The Morgan fingerprint density at radius 1 is 1.07 bits per heavy atom. The van der Waals surface area contributed by atoms with Crippen molar-refractivity contribution in [3.8, 4) is 11.5 Å². The minimum Gasteiger partial charge on any atom is -0.452 e. The summed E-state index contributed by atoms with van der Waals surface area (Å²) >= 11 is 5.88. The van der Waals surface area contributed by atoms with Crippen molar-refractivity contribution >= 4 is 28.5 Å². The molecule has 2 aromatic carbocycles. The number of hydrogen-bond donors (Lipinski definition) is 0. The highest BCUT2D eigenvalue weighted by Crippen LogP contribution is 2.24. The number of carbonyl (C=O) groups excluding carboxylic acids is 1. The van der Waals surface area contributed by atoms with Crippen molar-refractivity contribution in [2.24, 2.45) is 0 Å². The van der Waals surface area contributed by atoms with Crippen LogP contribution >= 0.6 is 11.6 Å². The monoisotopic (exact) mass is 393 g/mol. The van der Waals surface area contributed by atoms with E-state index in [4.69, 9.17) is 20.8 Å². The summed E-state index contributed by atoms with van der Waals surface area (Å²) in [5.74, 6) is 0.0734. The van der Waals surface area contributed by atoms with Crippen LogP contribution in [0.15, 0.2) is 52.9 Å². The number of halogens is 1. The Kier molecular flexibility index (Phi) is 4.79. The second-order valence-electron chi connectivity index (χ2n) is 6.30. The van der Waals surface area contributed by atoms with Gasteiger partial charge in [0.15, 0.2) is 6.61 Å². The Labute approximate surface area is 166 Å². The summed E-state index contributed by atoms with van der Waals surface area (Å²) in [6.45, 7) is 3.56. The number of esters is 1. The van der Waals surface area contributed by atoms with Crippen LogP contribution in [0.2, 0.25) is 5.02 Å². The number of benzene rings is 2. The first-order valence-corrected chi connectivity index (χ1v) is 9.02. The van der Waals surface area contributed by atoms with Gasteiger partial charge in [-0.1, -0.05) is 29.8 Å². The van der Waals surface area contributed by atoms with Gasteiger partial charge in [-0.2, -0.15) is 0 Å². The molecule has 0 spiro atoms. The maximum atomic E-state index is 12.7. The van der Waals surface area contributed by atoms with E-state index in [0.717, 1.165) is 22.0 Å². The van der Waals surface area contributed by atoms with Gasteiger partial charge in [0.1, 0.15) is 0 Å². The van der Waals surface area contributed by atoms with Crippen LogP contribution in [0.3, 0.4) is 0 Å². The quantitative estimate of drug-likeness (QED) is 0.458. The topological polar surface area (TPSA) is 78.1 Å². The van der Waals surface area contributed by atoms with Gasteiger partial charge in [-0.3, -0.25) is 4.98 Å². The molecule has 140 valence electrons. The first kappa shape index (κ1) is 18.1. The number of rotatable bonds is 4. The lowest BCUT2D eigenvalue weighted by Gasteiger charge is -2.11. The smallest absolute Gasteiger partial charge is 0.340 e. The Morgan fingerprint density at radius 2 is 1.82 bits per heavy atom. The number of para-hydroxylation sites is 1. The van der Waals surface area contributed by atoms with Crippen molar-refractivity contribution in [3.63, 3.8) is 0 Å². The molecule has 28 heavy (non-hydrogen) atoms. The number of aryl methyl sites for hydroxylation is 2. The molecule has 0 bridgehead atoms. The number of nitrogens with zero attached hydrogens (tertiary/aromatic N) is 3. The number of fused-ring (bicyclic) bond motifs is 1. The van der Waals surface area contributed by atoms with E-state index in [1.54, 1.807) is 31.2 Å². The zero-order valence-corrected chi connectivity index (χ0v) is 16.0. The maximum Gasteiger partial charge on any atom is 0.340 e. The SMILES string of the molecule is Cc1nc2ccccc2c(C)c1C(=O)OCc1nnc(-c2ccc(Cl)cc2)o1. The summed E-state index contributed by atoms with van der Waals surface area (Å²) in [6, 6.07) is 14.7. The first-order valence-electron chi connectivity index (χ1n) is 8.64. The van der Waals surface area contributed by atoms with Gasteiger partial charge < -0.3 is 9.15 Å². The number of aromatic nitrogens is 3. The molecule has 2 heterocycles. The van der Waals surface area contributed by atoms with Crippen LogP contribution in [0, 0.1) is 13.8 Å². The molecule has 0 fully saturated rings. The van der Waals surface area contributed by atoms with Gasteiger partial charge in [-0.25, -0.2) is 4.79 Å². The van der Waals surface area contributed by atoms with Crippen LogP contribution < -0.4 is 0 Å². The highest BCUT2D eigenvalue weighted by atomic mass is 35.5. The third-order valence-corrected chi connectivity index (χ3v) is 4.67. The molecule has 0 amide bonds. The van der Waals surface area contributed by atoms with Gasteiger partial charge in [0, 0.05) is 16.0 Å². The fourth-order valence-corrected chi connectivity index (χ4v) is 3.18. The van der Waals surface area contributed by atoms with E-state index in [1.165, 1.54) is 0 Å². The van der Waals surface area contributed by atoms with E-state index in [9.17, 15) is 4.79 Å². The number of hydrogen-bond acceptors (Lipinski definition) is 6. The highest BCUT2D eigenvalue weighted by molar-refractivity contribution is 6.30. The largest absolute Gasteiger partial charge is 0.452 e.